The standard InChI is InChI=1S/C19H24N2O2S/c1-20(19(22)18-10-17(23-2)14-24-18)11-16-8-9-21(13-16)12-15-6-4-3-5-7-15/h3-7,10,14,16H,8-9,11-13H2,1-2H3. The largest absolute Gasteiger partial charge is 0.496 e. The lowest BCUT2D eigenvalue weighted by Crippen LogP contribution is -2.32. The molecule has 0 radical (unpaired) electrons. The molecule has 1 amide bonds. The Hall–Kier alpha value is -1.85. The van der Waals surface area contributed by atoms with Crippen LogP contribution < -0.4 is 4.74 Å². The van der Waals surface area contributed by atoms with Gasteiger partial charge in [-0.05, 0) is 24.4 Å². The molecule has 1 saturated heterocycles. The number of thiophene rings is 1. The van der Waals surface area contributed by atoms with E-state index in [9.17, 15) is 4.79 Å². The molecule has 5 heteroatoms. The monoisotopic (exact) mass is 344 g/mol. The van der Waals surface area contributed by atoms with Gasteiger partial charge in [-0.25, -0.2) is 0 Å². The summed E-state index contributed by atoms with van der Waals surface area (Å²) in [7, 11) is 3.52. The van der Waals surface area contributed by atoms with Gasteiger partial charge in [0, 0.05) is 38.1 Å². The molecule has 128 valence electrons. The molecule has 0 aliphatic carbocycles. The molecular formula is C19H24N2O2S. The maximum Gasteiger partial charge on any atom is 0.263 e. The summed E-state index contributed by atoms with van der Waals surface area (Å²) in [5.41, 5.74) is 1.35. The van der Waals surface area contributed by atoms with E-state index in [1.54, 1.807) is 7.11 Å². The van der Waals surface area contributed by atoms with Crippen molar-refractivity contribution >= 4 is 17.2 Å². The molecular weight excluding hydrogens is 320 g/mol. The molecule has 1 unspecified atom stereocenters. The number of benzene rings is 1. The highest BCUT2D eigenvalue weighted by Gasteiger charge is 2.25. The van der Waals surface area contributed by atoms with Gasteiger partial charge in [0.25, 0.3) is 5.91 Å². The Kier molecular flexibility index (Phi) is 5.53. The van der Waals surface area contributed by atoms with Crippen molar-refractivity contribution in [1.82, 2.24) is 9.80 Å². The molecule has 1 aromatic carbocycles. The first-order valence-electron chi connectivity index (χ1n) is 8.30. The molecule has 4 nitrogen and oxygen atoms in total. The summed E-state index contributed by atoms with van der Waals surface area (Å²) in [6.45, 7) is 3.97. The van der Waals surface area contributed by atoms with Crippen molar-refractivity contribution in [2.45, 2.75) is 13.0 Å². The predicted molar refractivity (Wildman–Crippen MR) is 97.7 cm³/mol. The molecule has 0 saturated carbocycles. The van der Waals surface area contributed by atoms with Crippen molar-refractivity contribution < 1.29 is 9.53 Å². The van der Waals surface area contributed by atoms with Gasteiger partial charge in [-0.3, -0.25) is 9.69 Å². The number of amides is 1. The fourth-order valence-corrected chi connectivity index (χ4v) is 4.09. The highest BCUT2D eigenvalue weighted by atomic mass is 32.1. The maximum atomic E-state index is 12.5. The molecule has 1 fully saturated rings. The Morgan fingerprint density at radius 1 is 1.38 bits per heavy atom. The SMILES string of the molecule is COc1csc(C(=O)N(C)CC2CCN(Cc3ccccc3)C2)c1. The number of ether oxygens (including phenoxy) is 1. The topological polar surface area (TPSA) is 32.8 Å². The molecule has 0 spiro atoms. The third-order valence-corrected chi connectivity index (χ3v) is 5.42. The number of carbonyl (C=O) groups is 1. The van der Waals surface area contributed by atoms with E-state index in [1.807, 2.05) is 23.4 Å². The molecule has 1 atom stereocenters. The molecule has 1 aliphatic heterocycles. The first kappa shape index (κ1) is 17.0. The molecule has 3 rings (SSSR count). The van der Waals surface area contributed by atoms with E-state index < -0.39 is 0 Å². The molecule has 2 aromatic rings. The smallest absolute Gasteiger partial charge is 0.263 e. The summed E-state index contributed by atoms with van der Waals surface area (Å²) in [6, 6.07) is 12.4. The summed E-state index contributed by atoms with van der Waals surface area (Å²) in [4.78, 5) is 17.6. The maximum absolute atomic E-state index is 12.5. The Balaban J connectivity index is 1.50. The van der Waals surface area contributed by atoms with Gasteiger partial charge in [0.05, 0.1) is 12.0 Å². The fourth-order valence-electron chi connectivity index (χ4n) is 3.24. The van der Waals surface area contributed by atoms with Crippen LogP contribution in [0.15, 0.2) is 41.8 Å². The second-order valence-corrected chi connectivity index (χ2v) is 7.32. The van der Waals surface area contributed by atoms with Crippen LogP contribution in [0.4, 0.5) is 0 Å². The lowest BCUT2D eigenvalue weighted by atomic mass is 10.1. The van der Waals surface area contributed by atoms with Crippen LogP contribution in [0.1, 0.15) is 21.7 Å². The second kappa shape index (κ2) is 7.81. The quantitative estimate of drug-likeness (QED) is 0.806. The number of hydrogen-bond donors (Lipinski definition) is 0. The van der Waals surface area contributed by atoms with Crippen molar-refractivity contribution in [3.63, 3.8) is 0 Å². The average molecular weight is 344 g/mol. The number of hydrogen-bond acceptors (Lipinski definition) is 4. The van der Waals surface area contributed by atoms with E-state index in [1.165, 1.54) is 16.9 Å². The van der Waals surface area contributed by atoms with Gasteiger partial charge in [0.1, 0.15) is 5.75 Å². The van der Waals surface area contributed by atoms with Gasteiger partial charge in [-0.1, -0.05) is 30.3 Å². The van der Waals surface area contributed by atoms with E-state index in [2.05, 4.69) is 35.2 Å². The number of nitrogens with zero attached hydrogens (tertiary/aromatic N) is 2. The van der Waals surface area contributed by atoms with Crippen LogP contribution in [0.2, 0.25) is 0 Å². The lowest BCUT2D eigenvalue weighted by molar-refractivity contribution is 0.0777. The first-order valence-corrected chi connectivity index (χ1v) is 9.18. The highest BCUT2D eigenvalue weighted by molar-refractivity contribution is 7.12. The Morgan fingerprint density at radius 2 is 2.17 bits per heavy atom. The summed E-state index contributed by atoms with van der Waals surface area (Å²) in [5.74, 6) is 1.39. The number of rotatable bonds is 6. The Bertz CT molecular complexity index is 671. The highest BCUT2D eigenvalue weighted by Crippen LogP contribution is 2.24. The van der Waals surface area contributed by atoms with E-state index in [0.717, 1.165) is 43.2 Å². The minimum Gasteiger partial charge on any atom is -0.496 e. The van der Waals surface area contributed by atoms with Crippen LogP contribution in [0.5, 0.6) is 5.75 Å². The zero-order valence-corrected chi connectivity index (χ0v) is 15.1. The molecule has 24 heavy (non-hydrogen) atoms. The minimum atomic E-state index is 0.0878. The predicted octanol–water partition coefficient (Wildman–Crippen LogP) is 3.35. The molecule has 0 N–H and O–H groups in total. The van der Waals surface area contributed by atoms with Gasteiger partial charge in [0.15, 0.2) is 0 Å². The van der Waals surface area contributed by atoms with Gasteiger partial charge in [0.2, 0.25) is 0 Å². The molecule has 1 aromatic heterocycles. The lowest BCUT2D eigenvalue weighted by Gasteiger charge is -2.21. The molecule has 2 heterocycles. The van der Waals surface area contributed by atoms with Crippen molar-refractivity contribution in [2.75, 3.05) is 33.8 Å². The normalized spacial score (nSPS) is 17.8. The van der Waals surface area contributed by atoms with Crippen LogP contribution in [0, 0.1) is 5.92 Å². The van der Waals surface area contributed by atoms with Crippen LogP contribution in [-0.2, 0) is 6.54 Å². The van der Waals surface area contributed by atoms with Crippen LogP contribution >= 0.6 is 11.3 Å². The Labute approximate surface area is 147 Å². The fraction of sp³-hybridized carbons (Fsp3) is 0.421. The summed E-state index contributed by atoms with van der Waals surface area (Å²) < 4.78 is 5.16. The van der Waals surface area contributed by atoms with E-state index in [-0.39, 0.29) is 5.91 Å². The van der Waals surface area contributed by atoms with Crippen molar-refractivity contribution in [1.29, 1.82) is 0 Å². The van der Waals surface area contributed by atoms with Crippen LogP contribution in [0.3, 0.4) is 0 Å². The van der Waals surface area contributed by atoms with Crippen molar-refractivity contribution in [2.24, 2.45) is 5.92 Å². The van der Waals surface area contributed by atoms with E-state index in [0.29, 0.717) is 5.92 Å². The van der Waals surface area contributed by atoms with Crippen molar-refractivity contribution in [3.05, 3.63) is 52.2 Å². The van der Waals surface area contributed by atoms with Crippen LogP contribution in [-0.4, -0.2) is 49.5 Å². The summed E-state index contributed by atoms with van der Waals surface area (Å²) in [6.07, 6.45) is 1.15. The number of likely N-dealkylation sites (tertiary alicyclic amines) is 1. The zero-order valence-electron chi connectivity index (χ0n) is 14.3. The molecule has 1 aliphatic rings. The van der Waals surface area contributed by atoms with Crippen molar-refractivity contribution in [3.8, 4) is 5.75 Å². The first-order chi connectivity index (χ1) is 11.7. The van der Waals surface area contributed by atoms with Gasteiger partial charge < -0.3 is 9.64 Å². The van der Waals surface area contributed by atoms with Crippen LogP contribution in [0.25, 0.3) is 0 Å². The summed E-state index contributed by atoms with van der Waals surface area (Å²) >= 11 is 1.44. The zero-order chi connectivity index (χ0) is 16.9. The summed E-state index contributed by atoms with van der Waals surface area (Å²) in [5, 5.41) is 1.87. The molecule has 0 bridgehead atoms. The van der Waals surface area contributed by atoms with Gasteiger partial charge >= 0.3 is 0 Å². The van der Waals surface area contributed by atoms with E-state index in [4.69, 9.17) is 4.74 Å². The minimum absolute atomic E-state index is 0.0878. The third-order valence-electron chi connectivity index (χ3n) is 4.52. The Morgan fingerprint density at radius 3 is 2.88 bits per heavy atom. The number of methoxy groups -OCH3 is 1. The average Bonchev–Trinajstić information content (AvgIpc) is 3.24. The third kappa shape index (κ3) is 4.16. The number of carbonyl (C=O) groups excluding carboxylic acids is 1. The van der Waals surface area contributed by atoms with Gasteiger partial charge in [-0.15, -0.1) is 11.3 Å². The van der Waals surface area contributed by atoms with Gasteiger partial charge in [-0.2, -0.15) is 0 Å². The van der Waals surface area contributed by atoms with E-state index >= 15 is 0 Å². The second-order valence-electron chi connectivity index (χ2n) is 6.41.